The molecule has 128 valence electrons. The summed E-state index contributed by atoms with van der Waals surface area (Å²) in [6.45, 7) is 0.693. The Morgan fingerprint density at radius 2 is 2.04 bits per heavy atom. The molecule has 3 rings (SSSR count). The van der Waals surface area contributed by atoms with Crippen LogP contribution in [-0.4, -0.2) is 28.2 Å². The third-order valence-corrected chi connectivity index (χ3v) is 5.50. The van der Waals surface area contributed by atoms with E-state index < -0.39 is 0 Å². The van der Waals surface area contributed by atoms with E-state index in [2.05, 4.69) is 27.4 Å². The fraction of sp³-hybridized carbons (Fsp3) is 0.211. The molecule has 0 saturated heterocycles. The van der Waals surface area contributed by atoms with Gasteiger partial charge in [0.2, 0.25) is 5.91 Å². The maximum atomic E-state index is 12.0. The van der Waals surface area contributed by atoms with Gasteiger partial charge in [0.05, 0.1) is 12.1 Å². The molecule has 3 aromatic rings. The van der Waals surface area contributed by atoms with Crippen LogP contribution in [0.15, 0.2) is 65.1 Å². The molecule has 2 aromatic heterocycles. The monoisotopic (exact) mass is 369 g/mol. The standard InChI is InChI=1S/C19H19N3OS2/c23-18(21-10-5-11-24-17-7-2-1-3-8-17)12-16-14-25-19(22-16)15-6-4-9-20-13-15/h1-4,6-9,13-14H,5,10-12H2,(H,21,23). The number of aromatic nitrogens is 2. The molecule has 1 aromatic carbocycles. The van der Waals surface area contributed by atoms with Crippen LogP contribution in [0.25, 0.3) is 10.6 Å². The van der Waals surface area contributed by atoms with Gasteiger partial charge in [0, 0.05) is 34.8 Å². The van der Waals surface area contributed by atoms with Crippen molar-refractivity contribution in [2.24, 2.45) is 0 Å². The van der Waals surface area contributed by atoms with Crippen molar-refractivity contribution in [2.45, 2.75) is 17.7 Å². The van der Waals surface area contributed by atoms with E-state index in [4.69, 9.17) is 0 Å². The van der Waals surface area contributed by atoms with Gasteiger partial charge in [0.15, 0.2) is 0 Å². The zero-order valence-corrected chi connectivity index (χ0v) is 15.4. The molecular weight excluding hydrogens is 350 g/mol. The van der Waals surface area contributed by atoms with E-state index in [1.165, 1.54) is 16.2 Å². The maximum absolute atomic E-state index is 12.0. The smallest absolute Gasteiger partial charge is 0.226 e. The fourth-order valence-corrected chi connectivity index (χ4v) is 3.93. The van der Waals surface area contributed by atoms with Gasteiger partial charge in [0.1, 0.15) is 5.01 Å². The van der Waals surface area contributed by atoms with Crippen molar-refractivity contribution in [3.8, 4) is 10.6 Å². The molecule has 6 heteroatoms. The van der Waals surface area contributed by atoms with Crippen LogP contribution < -0.4 is 5.32 Å². The van der Waals surface area contributed by atoms with Crippen LogP contribution in [0.2, 0.25) is 0 Å². The number of nitrogens with zero attached hydrogens (tertiary/aromatic N) is 2. The predicted octanol–water partition coefficient (Wildman–Crippen LogP) is 4.05. The molecule has 1 N–H and O–H groups in total. The Morgan fingerprint density at radius 3 is 2.84 bits per heavy atom. The summed E-state index contributed by atoms with van der Waals surface area (Å²) in [6, 6.07) is 14.2. The van der Waals surface area contributed by atoms with E-state index in [0.29, 0.717) is 13.0 Å². The minimum Gasteiger partial charge on any atom is -0.356 e. The topological polar surface area (TPSA) is 54.9 Å². The van der Waals surface area contributed by atoms with Gasteiger partial charge in [-0.1, -0.05) is 18.2 Å². The van der Waals surface area contributed by atoms with Gasteiger partial charge in [-0.25, -0.2) is 4.98 Å². The number of thiazole rings is 1. The minimum atomic E-state index is 0.0211. The number of nitrogens with one attached hydrogen (secondary N) is 1. The zero-order chi connectivity index (χ0) is 17.3. The van der Waals surface area contributed by atoms with E-state index in [9.17, 15) is 4.79 Å². The summed E-state index contributed by atoms with van der Waals surface area (Å²) >= 11 is 3.35. The van der Waals surface area contributed by atoms with Gasteiger partial charge in [-0.05, 0) is 36.4 Å². The molecule has 2 heterocycles. The van der Waals surface area contributed by atoms with Gasteiger partial charge in [-0.15, -0.1) is 23.1 Å². The van der Waals surface area contributed by atoms with Crippen molar-refractivity contribution in [2.75, 3.05) is 12.3 Å². The Balaban J connectivity index is 1.37. The average Bonchev–Trinajstić information content (AvgIpc) is 3.11. The van der Waals surface area contributed by atoms with Crippen molar-refractivity contribution >= 4 is 29.0 Å². The van der Waals surface area contributed by atoms with Crippen molar-refractivity contribution in [3.63, 3.8) is 0 Å². The van der Waals surface area contributed by atoms with Crippen molar-refractivity contribution in [3.05, 3.63) is 65.9 Å². The molecule has 1 amide bonds. The lowest BCUT2D eigenvalue weighted by Crippen LogP contribution is -2.26. The fourth-order valence-electron chi connectivity index (χ4n) is 2.24. The Morgan fingerprint density at radius 1 is 1.16 bits per heavy atom. The van der Waals surface area contributed by atoms with Gasteiger partial charge in [-0.2, -0.15) is 0 Å². The van der Waals surface area contributed by atoms with E-state index in [1.807, 2.05) is 47.5 Å². The van der Waals surface area contributed by atoms with Crippen LogP contribution in [0.1, 0.15) is 12.1 Å². The summed E-state index contributed by atoms with van der Waals surface area (Å²) in [4.78, 5) is 21.9. The first kappa shape index (κ1) is 17.6. The lowest BCUT2D eigenvalue weighted by Gasteiger charge is -2.04. The summed E-state index contributed by atoms with van der Waals surface area (Å²) in [6.07, 6.45) is 4.79. The van der Waals surface area contributed by atoms with Crippen molar-refractivity contribution < 1.29 is 4.79 Å². The molecule has 0 atom stereocenters. The van der Waals surface area contributed by atoms with Crippen LogP contribution in [0, 0.1) is 0 Å². The van der Waals surface area contributed by atoms with Crippen LogP contribution in [0.5, 0.6) is 0 Å². The normalized spacial score (nSPS) is 10.6. The SMILES string of the molecule is O=C(Cc1csc(-c2cccnc2)n1)NCCCSc1ccccc1. The molecule has 0 spiro atoms. The number of rotatable bonds is 8. The highest BCUT2D eigenvalue weighted by Crippen LogP contribution is 2.22. The molecular formula is C19H19N3OS2. The van der Waals surface area contributed by atoms with Gasteiger partial charge in [0.25, 0.3) is 0 Å². The van der Waals surface area contributed by atoms with Crippen LogP contribution in [-0.2, 0) is 11.2 Å². The Bertz CT molecular complexity index is 791. The van der Waals surface area contributed by atoms with Crippen molar-refractivity contribution in [1.82, 2.24) is 15.3 Å². The third-order valence-electron chi connectivity index (χ3n) is 3.46. The van der Waals surface area contributed by atoms with Gasteiger partial charge in [-0.3, -0.25) is 9.78 Å². The molecule has 0 unspecified atom stereocenters. The highest BCUT2D eigenvalue weighted by atomic mass is 32.2. The second-order valence-electron chi connectivity index (χ2n) is 5.43. The molecule has 0 aliphatic rings. The zero-order valence-electron chi connectivity index (χ0n) is 13.7. The summed E-state index contributed by atoms with van der Waals surface area (Å²) in [7, 11) is 0. The number of carbonyl (C=O) groups is 1. The lowest BCUT2D eigenvalue weighted by molar-refractivity contribution is -0.120. The second kappa shape index (κ2) is 9.34. The number of pyridine rings is 1. The first-order valence-corrected chi connectivity index (χ1v) is 9.97. The van der Waals surface area contributed by atoms with Crippen LogP contribution >= 0.6 is 23.1 Å². The predicted molar refractivity (Wildman–Crippen MR) is 104 cm³/mol. The number of carbonyl (C=O) groups excluding carboxylic acids is 1. The lowest BCUT2D eigenvalue weighted by atomic mass is 10.3. The minimum absolute atomic E-state index is 0.0211. The van der Waals surface area contributed by atoms with E-state index >= 15 is 0 Å². The summed E-state index contributed by atoms with van der Waals surface area (Å²) < 4.78 is 0. The number of hydrogen-bond acceptors (Lipinski definition) is 5. The largest absolute Gasteiger partial charge is 0.356 e. The molecule has 0 aliphatic heterocycles. The third kappa shape index (κ3) is 5.69. The number of benzene rings is 1. The number of thioether (sulfide) groups is 1. The Hall–Kier alpha value is -2.18. The maximum Gasteiger partial charge on any atom is 0.226 e. The summed E-state index contributed by atoms with van der Waals surface area (Å²) in [5.41, 5.74) is 1.79. The summed E-state index contributed by atoms with van der Waals surface area (Å²) in [5.74, 6) is 1.01. The number of hydrogen-bond donors (Lipinski definition) is 1. The van der Waals surface area contributed by atoms with E-state index in [-0.39, 0.29) is 5.91 Å². The van der Waals surface area contributed by atoms with E-state index in [1.54, 1.807) is 12.4 Å². The Labute approximate surface area is 155 Å². The molecule has 0 bridgehead atoms. The van der Waals surface area contributed by atoms with Crippen molar-refractivity contribution in [1.29, 1.82) is 0 Å². The highest BCUT2D eigenvalue weighted by molar-refractivity contribution is 7.99. The van der Waals surface area contributed by atoms with Gasteiger partial charge < -0.3 is 5.32 Å². The summed E-state index contributed by atoms with van der Waals surface area (Å²) in [5, 5.41) is 5.80. The molecule has 0 radical (unpaired) electrons. The molecule has 25 heavy (non-hydrogen) atoms. The highest BCUT2D eigenvalue weighted by Gasteiger charge is 2.08. The van der Waals surface area contributed by atoms with Gasteiger partial charge >= 0.3 is 0 Å². The average molecular weight is 370 g/mol. The molecule has 0 saturated carbocycles. The quantitative estimate of drug-likeness (QED) is 0.481. The first-order valence-electron chi connectivity index (χ1n) is 8.10. The Kier molecular flexibility index (Phi) is 6.59. The number of amides is 1. The molecule has 0 fully saturated rings. The van der Waals surface area contributed by atoms with Crippen LogP contribution in [0.3, 0.4) is 0 Å². The molecule has 0 aliphatic carbocycles. The second-order valence-corrected chi connectivity index (χ2v) is 7.45. The first-order chi connectivity index (χ1) is 12.3. The van der Waals surface area contributed by atoms with E-state index in [0.717, 1.165) is 28.4 Å². The van der Waals surface area contributed by atoms with Crippen LogP contribution in [0.4, 0.5) is 0 Å². The molecule has 4 nitrogen and oxygen atoms in total.